The summed E-state index contributed by atoms with van der Waals surface area (Å²) in [5.41, 5.74) is 5.83. The van der Waals surface area contributed by atoms with Gasteiger partial charge in [-0.25, -0.2) is 0 Å². The molecule has 1 aromatic heterocycles. The van der Waals surface area contributed by atoms with Crippen LogP contribution in [0.3, 0.4) is 0 Å². The summed E-state index contributed by atoms with van der Waals surface area (Å²) in [6, 6.07) is 0. The van der Waals surface area contributed by atoms with Crippen LogP contribution >= 0.6 is 11.3 Å². The lowest BCUT2D eigenvalue weighted by molar-refractivity contribution is -0.121. The molecule has 0 aliphatic heterocycles. The van der Waals surface area contributed by atoms with Crippen LogP contribution in [0.25, 0.3) is 0 Å². The van der Waals surface area contributed by atoms with E-state index in [0.717, 1.165) is 25.7 Å². The Kier molecular flexibility index (Phi) is 4.08. The third kappa shape index (κ3) is 3.65. The summed E-state index contributed by atoms with van der Waals surface area (Å²) in [5.74, 6) is 0.876. The van der Waals surface area contributed by atoms with Gasteiger partial charge in [-0.3, -0.25) is 4.79 Å². The maximum absolute atomic E-state index is 12.1. The topological polar surface area (TPSA) is 80.9 Å². The molecule has 1 saturated carbocycles. The van der Waals surface area contributed by atoms with Gasteiger partial charge in [-0.2, -0.15) is 0 Å². The Morgan fingerprint density at radius 2 is 1.89 bits per heavy atom. The quantitative estimate of drug-likeness (QED) is 0.874. The average molecular weight is 282 g/mol. The van der Waals surface area contributed by atoms with Gasteiger partial charge in [0.05, 0.1) is 0 Å². The summed E-state index contributed by atoms with van der Waals surface area (Å²) < 4.78 is 0. The molecule has 1 amide bonds. The molecule has 3 N–H and O–H groups in total. The first-order chi connectivity index (χ1) is 8.86. The van der Waals surface area contributed by atoms with Crippen molar-refractivity contribution in [3.63, 3.8) is 0 Å². The van der Waals surface area contributed by atoms with Crippen molar-refractivity contribution in [1.29, 1.82) is 0 Å². The zero-order valence-electron chi connectivity index (χ0n) is 11.8. The van der Waals surface area contributed by atoms with Crippen LogP contribution in [0.15, 0.2) is 0 Å². The molecule has 1 aliphatic carbocycles. The smallest absolute Gasteiger partial charge is 0.229 e. The van der Waals surface area contributed by atoms with E-state index in [4.69, 9.17) is 5.73 Å². The molecule has 19 heavy (non-hydrogen) atoms. The molecule has 0 aromatic carbocycles. The van der Waals surface area contributed by atoms with Crippen molar-refractivity contribution in [2.75, 3.05) is 11.1 Å². The molecule has 1 aliphatic rings. The lowest BCUT2D eigenvalue weighted by Crippen LogP contribution is -2.31. The predicted molar refractivity (Wildman–Crippen MR) is 77.9 cm³/mol. The summed E-state index contributed by atoms with van der Waals surface area (Å²) >= 11 is 1.21. The number of carbonyl (C=O) groups excluding carboxylic acids is 1. The number of anilines is 2. The molecule has 1 aromatic rings. The fourth-order valence-corrected chi connectivity index (χ4v) is 3.23. The molecule has 0 saturated heterocycles. The van der Waals surface area contributed by atoms with Crippen molar-refractivity contribution in [3.8, 4) is 0 Å². The minimum atomic E-state index is 0.0588. The summed E-state index contributed by atoms with van der Waals surface area (Å²) in [7, 11) is 0. The Morgan fingerprint density at radius 3 is 2.37 bits per heavy atom. The zero-order valence-corrected chi connectivity index (χ0v) is 12.6. The monoisotopic (exact) mass is 282 g/mol. The van der Waals surface area contributed by atoms with Crippen molar-refractivity contribution in [3.05, 3.63) is 0 Å². The number of nitrogens with two attached hydrogens (primary N) is 1. The van der Waals surface area contributed by atoms with E-state index in [-0.39, 0.29) is 11.8 Å². The Morgan fingerprint density at radius 1 is 1.26 bits per heavy atom. The molecule has 5 nitrogen and oxygen atoms in total. The molecule has 1 heterocycles. The van der Waals surface area contributed by atoms with E-state index in [9.17, 15) is 4.79 Å². The second kappa shape index (κ2) is 5.45. The molecular formula is C13H22N4OS. The van der Waals surface area contributed by atoms with Gasteiger partial charge in [0.15, 0.2) is 0 Å². The van der Waals surface area contributed by atoms with E-state index in [1.165, 1.54) is 11.3 Å². The van der Waals surface area contributed by atoms with E-state index in [2.05, 4.69) is 36.3 Å². The summed E-state index contributed by atoms with van der Waals surface area (Å²) in [4.78, 5) is 12.1. The van der Waals surface area contributed by atoms with E-state index in [0.29, 0.717) is 21.6 Å². The van der Waals surface area contributed by atoms with Gasteiger partial charge >= 0.3 is 0 Å². The largest absolute Gasteiger partial charge is 0.374 e. The highest BCUT2D eigenvalue weighted by Gasteiger charge is 2.32. The number of hydrogen-bond acceptors (Lipinski definition) is 5. The van der Waals surface area contributed by atoms with Gasteiger partial charge in [0.1, 0.15) is 0 Å². The van der Waals surface area contributed by atoms with Crippen LogP contribution in [-0.2, 0) is 4.79 Å². The number of hydrogen-bond donors (Lipinski definition) is 2. The number of nitrogen functional groups attached to an aromatic ring is 1. The Labute approximate surface area is 118 Å². The normalized spacial score (nSPS) is 24.2. The van der Waals surface area contributed by atoms with Crippen LogP contribution in [0.2, 0.25) is 0 Å². The van der Waals surface area contributed by atoms with Crippen LogP contribution in [0.4, 0.5) is 10.3 Å². The van der Waals surface area contributed by atoms with E-state index in [1.54, 1.807) is 0 Å². The van der Waals surface area contributed by atoms with E-state index < -0.39 is 0 Å². The van der Waals surface area contributed by atoms with Crippen molar-refractivity contribution in [1.82, 2.24) is 10.2 Å². The highest BCUT2D eigenvalue weighted by molar-refractivity contribution is 7.18. The fourth-order valence-electron chi connectivity index (χ4n) is 2.71. The lowest BCUT2D eigenvalue weighted by Gasteiger charge is -2.36. The standard InChI is InChI=1S/C13H22N4OS/c1-13(2,3)9-6-4-8(5-7-9)10(18)15-12-17-16-11(14)19-12/h8-9H,4-7H2,1-3H3,(H2,14,16)(H,15,17,18). The van der Waals surface area contributed by atoms with Crippen molar-refractivity contribution >= 4 is 27.5 Å². The Balaban J connectivity index is 1.86. The van der Waals surface area contributed by atoms with Crippen LogP contribution in [0, 0.1) is 17.3 Å². The van der Waals surface area contributed by atoms with Crippen molar-refractivity contribution in [2.24, 2.45) is 17.3 Å². The summed E-state index contributed by atoms with van der Waals surface area (Å²) in [5, 5.41) is 11.2. The number of nitrogens with one attached hydrogen (secondary N) is 1. The molecular weight excluding hydrogens is 260 g/mol. The second-order valence-electron chi connectivity index (χ2n) is 6.35. The highest BCUT2D eigenvalue weighted by atomic mass is 32.1. The van der Waals surface area contributed by atoms with Crippen LogP contribution < -0.4 is 11.1 Å². The molecule has 2 rings (SSSR count). The minimum absolute atomic E-state index is 0.0588. The average Bonchev–Trinajstić information content (AvgIpc) is 2.74. The van der Waals surface area contributed by atoms with Gasteiger partial charge in [0.25, 0.3) is 0 Å². The highest BCUT2D eigenvalue weighted by Crippen LogP contribution is 2.40. The number of rotatable bonds is 2. The van der Waals surface area contributed by atoms with Crippen LogP contribution in [0.1, 0.15) is 46.5 Å². The number of carbonyl (C=O) groups is 1. The Hall–Kier alpha value is -1.17. The first kappa shape index (κ1) is 14.2. The molecule has 0 atom stereocenters. The SMILES string of the molecule is CC(C)(C)C1CCC(C(=O)Nc2nnc(N)s2)CC1. The fraction of sp³-hybridized carbons (Fsp3) is 0.769. The number of nitrogens with zero attached hydrogens (tertiary/aromatic N) is 2. The first-order valence-electron chi connectivity index (χ1n) is 6.76. The number of amides is 1. The maximum atomic E-state index is 12.1. The molecule has 6 heteroatoms. The van der Waals surface area contributed by atoms with E-state index in [1.807, 2.05) is 0 Å². The van der Waals surface area contributed by atoms with E-state index >= 15 is 0 Å². The third-order valence-corrected chi connectivity index (χ3v) is 4.66. The first-order valence-corrected chi connectivity index (χ1v) is 7.58. The van der Waals surface area contributed by atoms with Gasteiger partial charge in [-0.1, -0.05) is 32.1 Å². The predicted octanol–water partition coefficient (Wildman–Crippen LogP) is 2.91. The molecule has 0 unspecified atom stereocenters. The molecule has 0 bridgehead atoms. The maximum Gasteiger partial charge on any atom is 0.229 e. The van der Waals surface area contributed by atoms with Gasteiger partial charge in [-0.15, -0.1) is 10.2 Å². The second-order valence-corrected chi connectivity index (χ2v) is 7.36. The molecule has 0 radical (unpaired) electrons. The Bertz CT molecular complexity index is 444. The summed E-state index contributed by atoms with van der Waals surface area (Å²) in [6.45, 7) is 6.84. The van der Waals surface area contributed by atoms with Gasteiger partial charge < -0.3 is 11.1 Å². The number of aromatic nitrogens is 2. The lowest BCUT2D eigenvalue weighted by atomic mass is 9.70. The van der Waals surface area contributed by atoms with Crippen LogP contribution in [-0.4, -0.2) is 16.1 Å². The molecule has 0 spiro atoms. The van der Waals surface area contributed by atoms with Crippen molar-refractivity contribution in [2.45, 2.75) is 46.5 Å². The third-order valence-electron chi connectivity index (χ3n) is 3.99. The van der Waals surface area contributed by atoms with Gasteiger partial charge in [-0.05, 0) is 37.0 Å². The zero-order chi connectivity index (χ0) is 14.0. The van der Waals surface area contributed by atoms with Gasteiger partial charge in [0, 0.05) is 5.92 Å². The van der Waals surface area contributed by atoms with Crippen LogP contribution in [0.5, 0.6) is 0 Å². The van der Waals surface area contributed by atoms with Crippen molar-refractivity contribution < 1.29 is 4.79 Å². The minimum Gasteiger partial charge on any atom is -0.374 e. The molecule has 1 fully saturated rings. The summed E-state index contributed by atoms with van der Waals surface area (Å²) in [6.07, 6.45) is 4.17. The molecule has 106 valence electrons. The van der Waals surface area contributed by atoms with Gasteiger partial charge in [0.2, 0.25) is 16.2 Å².